The van der Waals surface area contributed by atoms with Crippen LogP contribution in [0.3, 0.4) is 0 Å². The summed E-state index contributed by atoms with van der Waals surface area (Å²) in [6, 6.07) is 0. The van der Waals surface area contributed by atoms with Crippen LogP contribution < -0.4 is 0 Å². The maximum Gasteiger partial charge on any atom is -0.0121 e. The van der Waals surface area contributed by atoms with Crippen LogP contribution in [-0.2, 0) is 0 Å². The second kappa shape index (κ2) is 4.69. The van der Waals surface area contributed by atoms with E-state index in [-0.39, 0.29) is 0 Å². The fourth-order valence-electron chi connectivity index (χ4n) is 1.83. The van der Waals surface area contributed by atoms with Gasteiger partial charge in [-0.2, -0.15) is 0 Å². The van der Waals surface area contributed by atoms with Crippen LogP contribution in [0.5, 0.6) is 0 Å². The van der Waals surface area contributed by atoms with E-state index in [4.69, 9.17) is 0 Å². The van der Waals surface area contributed by atoms with Crippen LogP contribution in [0.1, 0.15) is 47.5 Å². The first kappa shape index (κ1) is 11.7. The Balaban J connectivity index is 4.33. The van der Waals surface area contributed by atoms with Crippen molar-refractivity contribution in [1.29, 1.82) is 0 Å². The van der Waals surface area contributed by atoms with E-state index in [1.54, 1.807) is 0 Å². The van der Waals surface area contributed by atoms with Crippen molar-refractivity contribution in [1.82, 2.24) is 0 Å². The fourth-order valence-corrected chi connectivity index (χ4v) is 1.83. The van der Waals surface area contributed by atoms with Crippen LogP contribution in [0, 0.1) is 17.3 Å². The second-order valence-electron chi connectivity index (χ2n) is 4.62. The molecule has 0 aliphatic heterocycles. The molecule has 0 aromatic heterocycles. The van der Waals surface area contributed by atoms with Crippen LogP contribution >= 0.6 is 0 Å². The van der Waals surface area contributed by atoms with Gasteiger partial charge in [0.2, 0.25) is 0 Å². The highest BCUT2D eigenvalue weighted by molar-refractivity contribution is 4.94. The van der Waals surface area contributed by atoms with Crippen molar-refractivity contribution in [3.63, 3.8) is 0 Å². The Hall–Kier alpha value is -0.260. The molecule has 0 aromatic rings. The van der Waals surface area contributed by atoms with Gasteiger partial charge in [0.15, 0.2) is 0 Å². The minimum atomic E-state index is 0.336. The van der Waals surface area contributed by atoms with Crippen LogP contribution in [0.25, 0.3) is 0 Å². The highest BCUT2D eigenvalue weighted by atomic mass is 14.3. The molecule has 0 heteroatoms. The number of hydrogen-bond acceptors (Lipinski definition) is 0. The summed E-state index contributed by atoms with van der Waals surface area (Å²) >= 11 is 0. The smallest absolute Gasteiger partial charge is 0.0121 e. The molecular formula is C12H24. The summed E-state index contributed by atoms with van der Waals surface area (Å²) in [5, 5.41) is 0. The number of allylic oxidation sites excluding steroid dienone is 1. The summed E-state index contributed by atoms with van der Waals surface area (Å²) < 4.78 is 0. The highest BCUT2D eigenvalue weighted by Crippen LogP contribution is 2.36. The van der Waals surface area contributed by atoms with E-state index in [1.807, 2.05) is 0 Å². The molecule has 0 heterocycles. The lowest BCUT2D eigenvalue weighted by Crippen LogP contribution is -2.24. The van der Waals surface area contributed by atoms with Crippen molar-refractivity contribution in [2.45, 2.75) is 47.5 Å². The predicted molar refractivity (Wildman–Crippen MR) is 57.2 cm³/mol. The molecule has 0 bridgehead atoms. The maximum absolute atomic E-state index is 3.95. The third kappa shape index (κ3) is 3.00. The summed E-state index contributed by atoms with van der Waals surface area (Å²) in [5.74, 6) is 1.51. The maximum atomic E-state index is 3.95. The largest absolute Gasteiger partial charge is 0.103 e. The van der Waals surface area contributed by atoms with Gasteiger partial charge in [-0.1, -0.05) is 47.1 Å². The zero-order valence-corrected chi connectivity index (χ0v) is 9.35. The zero-order chi connectivity index (χ0) is 9.78. The molecule has 0 fully saturated rings. The number of hydrogen-bond donors (Lipinski definition) is 0. The molecule has 12 heavy (non-hydrogen) atoms. The molecule has 0 aromatic carbocycles. The molecule has 0 saturated heterocycles. The quantitative estimate of drug-likeness (QED) is 0.538. The van der Waals surface area contributed by atoms with Crippen LogP contribution in [0.4, 0.5) is 0 Å². The lowest BCUT2D eigenvalue weighted by atomic mass is 9.72. The Morgan fingerprint density at radius 2 is 1.83 bits per heavy atom. The molecule has 0 N–H and O–H groups in total. The molecule has 0 saturated carbocycles. The van der Waals surface area contributed by atoms with Crippen LogP contribution in [0.15, 0.2) is 12.7 Å². The summed E-state index contributed by atoms with van der Waals surface area (Å²) in [4.78, 5) is 0. The molecule has 2 unspecified atom stereocenters. The van der Waals surface area contributed by atoms with Gasteiger partial charge in [-0.15, -0.1) is 6.58 Å². The van der Waals surface area contributed by atoms with E-state index < -0.39 is 0 Å². The first-order chi connectivity index (χ1) is 5.46. The van der Waals surface area contributed by atoms with Crippen molar-refractivity contribution in [3.8, 4) is 0 Å². The molecule has 0 aliphatic rings. The predicted octanol–water partition coefficient (Wildman–Crippen LogP) is 4.27. The average molecular weight is 168 g/mol. The average Bonchev–Trinajstić information content (AvgIpc) is 2.01. The topological polar surface area (TPSA) is 0 Å². The van der Waals surface area contributed by atoms with Crippen molar-refractivity contribution in [3.05, 3.63) is 12.7 Å². The Bertz CT molecular complexity index is 135. The summed E-state index contributed by atoms with van der Waals surface area (Å²) in [5.41, 5.74) is 0.336. The van der Waals surface area contributed by atoms with Gasteiger partial charge >= 0.3 is 0 Å². The van der Waals surface area contributed by atoms with E-state index in [0.717, 1.165) is 11.8 Å². The van der Waals surface area contributed by atoms with E-state index >= 15 is 0 Å². The van der Waals surface area contributed by atoms with Crippen LogP contribution in [0.2, 0.25) is 0 Å². The molecule has 0 radical (unpaired) electrons. The zero-order valence-electron chi connectivity index (χ0n) is 9.35. The van der Waals surface area contributed by atoms with Crippen LogP contribution in [-0.4, -0.2) is 0 Å². The molecule has 0 nitrogen and oxygen atoms in total. The Labute approximate surface area is 78.1 Å². The molecule has 0 rings (SSSR count). The van der Waals surface area contributed by atoms with Gasteiger partial charge in [0.05, 0.1) is 0 Å². The first-order valence-electron chi connectivity index (χ1n) is 5.09. The standard InChI is InChI=1S/C12H24/c1-7-11(5)12(6,8-2)9-10(3)4/h8,10-11H,2,7,9H2,1,3-6H3. The van der Waals surface area contributed by atoms with E-state index in [1.165, 1.54) is 12.8 Å². The third-order valence-electron chi connectivity index (χ3n) is 3.05. The van der Waals surface area contributed by atoms with Crippen molar-refractivity contribution < 1.29 is 0 Å². The highest BCUT2D eigenvalue weighted by Gasteiger charge is 2.27. The Morgan fingerprint density at radius 3 is 2.08 bits per heavy atom. The number of rotatable bonds is 5. The molecule has 0 amide bonds. The minimum Gasteiger partial charge on any atom is -0.103 e. The lowest BCUT2D eigenvalue weighted by Gasteiger charge is -2.33. The van der Waals surface area contributed by atoms with Gasteiger partial charge in [-0.3, -0.25) is 0 Å². The van der Waals surface area contributed by atoms with Crippen molar-refractivity contribution in [2.24, 2.45) is 17.3 Å². The second-order valence-corrected chi connectivity index (χ2v) is 4.62. The molecule has 2 atom stereocenters. The normalized spacial score (nSPS) is 18.8. The van der Waals surface area contributed by atoms with Gasteiger partial charge in [0.25, 0.3) is 0 Å². The van der Waals surface area contributed by atoms with E-state index in [0.29, 0.717) is 5.41 Å². The van der Waals surface area contributed by atoms with Gasteiger partial charge in [-0.25, -0.2) is 0 Å². The van der Waals surface area contributed by atoms with E-state index in [2.05, 4.69) is 47.3 Å². The summed E-state index contributed by atoms with van der Waals surface area (Å²) in [6.45, 7) is 15.4. The molecular weight excluding hydrogens is 144 g/mol. The monoisotopic (exact) mass is 168 g/mol. The summed E-state index contributed by atoms with van der Waals surface area (Å²) in [6.07, 6.45) is 4.64. The SMILES string of the molecule is C=CC(C)(CC(C)C)C(C)CC. The third-order valence-corrected chi connectivity index (χ3v) is 3.05. The van der Waals surface area contributed by atoms with Gasteiger partial charge in [0, 0.05) is 0 Å². The summed E-state index contributed by atoms with van der Waals surface area (Å²) in [7, 11) is 0. The fraction of sp³-hybridized carbons (Fsp3) is 0.833. The molecule has 72 valence electrons. The Morgan fingerprint density at radius 1 is 1.33 bits per heavy atom. The minimum absolute atomic E-state index is 0.336. The van der Waals surface area contributed by atoms with Gasteiger partial charge in [-0.05, 0) is 23.7 Å². The van der Waals surface area contributed by atoms with Gasteiger partial charge < -0.3 is 0 Å². The lowest BCUT2D eigenvalue weighted by molar-refractivity contribution is 0.219. The van der Waals surface area contributed by atoms with E-state index in [9.17, 15) is 0 Å². The van der Waals surface area contributed by atoms with Gasteiger partial charge in [0.1, 0.15) is 0 Å². The van der Waals surface area contributed by atoms with Crippen molar-refractivity contribution in [2.75, 3.05) is 0 Å². The Kier molecular flexibility index (Phi) is 4.59. The first-order valence-corrected chi connectivity index (χ1v) is 5.09. The molecule has 0 spiro atoms. The molecule has 0 aliphatic carbocycles. The van der Waals surface area contributed by atoms with Crippen molar-refractivity contribution >= 4 is 0 Å².